The van der Waals surface area contributed by atoms with Crippen LogP contribution in [0, 0.1) is 5.82 Å². The van der Waals surface area contributed by atoms with Crippen molar-refractivity contribution >= 4 is 16.8 Å². The standard InChI is InChI=1S/C17H15FN4O4/c1-21-13-7-20-5-4-10(13)16(25)22(17(21)26)14(15(19)24)11-6-9(8-23)2-3-12(11)18/h2-7,14,23H,8H2,1H3,(H2,19,24). The first-order valence-corrected chi connectivity index (χ1v) is 7.60. The summed E-state index contributed by atoms with van der Waals surface area (Å²) in [5, 5.41) is 9.39. The molecule has 1 aromatic carbocycles. The zero-order chi connectivity index (χ0) is 19.0. The molecule has 2 aromatic heterocycles. The summed E-state index contributed by atoms with van der Waals surface area (Å²) < 4.78 is 16.1. The number of aliphatic hydroxyl groups is 1. The third-order valence-electron chi connectivity index (χ3n) is 4.17. The van der Waals surface area contributed by atoms with Crippen molar-refractivity contribution in [2.24, 2.45) is 12.8 Å². The van der Waals surface area contributed by atoms with Gasteiger partial charge in [-0.3, -0.25) is 19.1 Å². The van der Waals surface area contributed by atoms with Gasteiger partial charge in [0.1, 0.15) is 11.9 Å². The molecule has 134 valence electrons. The molecule has 0 aliphatic rings. The summed E-state index contributed by atoms with van der Waals surface area (Å²) in [6.07, 6.45) is 2.71. The molecule has 2 heterocycles. The second-order valence-electron chi connectivity index (χ2n) is 5.73. The van der Waals surface area contributed by atoms with E-state index in [2.05, 4.69) is 4.98 Å². The number of rotatable bonds is 4. The van der Waals surface area contributed by atoms with Crippen LogP contribution in [0.4, 0.5) is 4.39 Å². The van der Waals surface area contributed by atoms with Gasteiger partial charge in [0.15, 0.2) is 0 Å². The van der Waals surface area contributed by atoms with Crippen LogP contribution in [0.5, 0.6) is 0 Å². The highest BCUT2D eigenvalue weighted by atomic mass is 19.1. The Bertz CT molecular complexity index is 1140. The van der Waals surface area contributed by atoms with Gasteiger partial charge >= 0.3 is 5.69 Å². The number of pyridine rings is 1. The number of benzene rings is 1. The number of primary amides is 1. The van der Waals surface area contributed by atoms with Crippen LogP contribution in [0.3, 0.4) is 0 Å². The van der Waals surface area contributed by atoms with Crippen molar-refractivity contribution < 1.29 is 14.3 Å². The summed E-state index contributed by atoms with van der Waals surface area (Å²) in [7, 11) is 1.40. The summed E-state index contributed by atoms with van der Waals surface area (Å²) in [4.78, 5) is 41.5. The quantitative estimate of drug-likeness (QED) is 0.669. The van der Waals surface area contributed by atoms with E-state index in [4.69, 9.17) is 5.73 Å². The van der Waals surface area contributed by atoms with Gasteiger partial charge in [-0.25, -0.2) is 13.8 Å². The molecule has 3 N–H and O–H groups in total. The fraction of sp³-hybridized carbons (Fsp3) is 0.176. The van der Waals surface area contributed by atoms with Crippen molar-refractivity contribution in [3.05, 3.63) is 74.4 Å². The van der Waals surface area contributed by atoms with Crippen molar-refractivity contribution in [3.63, 3.8) is 0 Å². The molecular weight excluding hydrogens is 343 g/mol. The molecule has 0 saturated heterocycles. The SMILES string of the molecule is Cn1c(=O)n(C(C(N)=O)c2cc(CO)ccc2F)c(=O)c2ccncc21. The molecule has 0 aliphatic carbocycles. The third-order valence-corrected chi connectivity index (χ3v) is 4.17. The molecular formula is C17H15FN4O4. The number of aliphatic hydroxyl groups excluding tert-OH is 1. The first-order chi connectivity index (χ1) is 12.4. The molecule has 0 bridgehead atoms. The Morgan fingerprint density at radius 2 is 2.08 bits per heavy atom. The van der Waals surface area contributed by atoms with Crippen molar-refractivity contribution in [2.75, 3.05) is 0 Å². The Balaban J connectivity index is 2.41. The lowest BCUT2D eigenvalue weighted by Crippen LogP contribution is -2.46. The minimum atomic E-state index is -1.66. The second-order valence-corrected chi connectivity index (χ2v) is 5.73. The van der Waals surface area contributed by atoms with Gasteiger partial charge in [-0.2, -0.15) is 0 Å². The van der Waals surface area contributed by atoms with Gasteiger partial charge in [-0.05, 0) is 23.8 Å². The van der Waals surface area contributed by atoms with E-state index in [1.165, 1.54) is 37.6 Å². The smallest absolute Gasteiger partial charge is 0.332 e. The number of aromatic nitrogens is 3. The number of nitrogens with zero attached hydrogens (tertiary/aromatic N) is 3. The van der Waals surface area contributed by atoms with Gasteiger partial charge in [0.25, 0.3) is 5.56 Å². The van der Waals surface area contributed by atoms with Crippen LogP contribution < -0.4 is 17.0 Å². The molecule has 0 radical (unpaired) electrons. The van der Waals surface area contributed by atoms with Gasteiger partial charge in [0.2, 0.25) is 5.91 Å². The minimum Gasteiger partial charge on any atom is -0.392 e. The average molecular weight is 358 g/mol. The van der Waals surface area contributed by atoms with E-state index in [1.807, 2.05) is 0 Å². The molecule has 3 rings (SSSR count). The van der Waals surface area contributed by atoms with Crippen molar-refractivity contribution in [1.29, 1.82) is 0 Å². The molecule has 0 saturated carbocycles. The molecule has 0 spiro atoms. The van der Waals surface area contributed by atoms with Gasteiger partial charge in [-0.1, -0.05) is 6.07 Å². The number of aryl methyl sites for hydroxylation is 1. The fourth-order valence-corrected chi connectivity index (χ4v) is 2.86. The monoisotopic (exact) mass is 358 g/mol. The molecule has 1 atom stereocenters. The molecule has 26 heavy (non-hydrogen) atoms. The van der Waals surface area contributed by atoms with Gasteiger partial charge in [0, 0.05) is 18.8 Å². The minimum absolute atomic E-state index is 0.132. The summed E-state index contributed by atoms with van der Waals surface area (Å²) in [6, 6.07) is 3.30. The predicted molar refractivity (Wildman–Crippen MR) is 90.9 cm³/mol. The third kappa shape index (κ3) is 2.68. The number of fused-ring (bicyclic) bond motifs is 1. The number of carbonyl (C=O) groups excluding carboxylic acids is 1. The van der Waals surface area contributed by atoms with Gasteiger partial charge < -0.3 is 10.8 Å². The molecule has 0 aliphatic heterocycles. The van der Waals surface area contributed by atoms with Crippen molar-refractivity contribution in [2.45, 2.75) is 12.6 Å². The molecule has 3 aromatic rings. The van der Waals surface area contributed by atoms with E-state index in [1.54, 1.807) is 0 Å². The van der Waals surface area contributed by atoms with Crippen LogP contribution in [-0.4, -0.2) is 25.1 Å². The average Bonchev–Trinajstić information content (AvgIpc) is 2.64. The zero-order valence-electron chi connectivity index (χ0n) is 13.7. The lowest BCUT2D eigenvalue weighted by atomic mass is 10.0. The van der Waals surface area contributed by atoms with Crippen molar-refractivity contribution in [1.82, 2.24) is 14.1 Å². The summed E-state index contributed by atoms with van der Waals surface area (Å²) in [6.45, 7) is -0.408. The van der Waals surface area contributed by atoms with Crippen LogP contribution >= 0.6 is 0 Å². The Morgan fingerprint density at radius 3 is 2.73 bits per heavy atom. The van der Waals surface area contributed by atoms with Crippen LogP contribution in [0.15, 0.2) is 46.2 Å². The maximum Gasteiger partial charge on any atom is 0.332 e. The van der Waals surface area contributed by atoms with E-state index < -0.39 is 35.6 Å². The lowest BCUT2D eigenvalue weighted by Gasteiger charge is -2.19. The number of halogens is 1. The van der Waals surface area contributed by atoms with Crippen molar-refractivity contribution in [3.8, 4) is 0 Å². The summed E-state index contributed by atoms with van der Waals surface area (Å²) in [5.41, 5.74) is 4.09. The molecule has 1 amide bonds. The molecule has 1 unspecified atom stereocenters. The van der Waals surface area contributed by atoms with Crippen LogP contribution in [-0.2, 0) is 18.4 Å². The Hall–Kier alpha value is -3.33. The van der Waals surface area contributed by atoms with Crippen LogP contribution in [0.25, 0.3) is 10.9 Å². The van der Waals surface area contributed by atoms with Crippen LogP contribution in [0.2, 0.25) is 0 Å². The number of amides is 1. The van der Waals surface area contributed by atoms with E-state index in [0.717, 1.165) is 10.6 Å². The maximum atomic E-state index is 14.4. The van der Waals surface area contributed by atoms with E-state index in [9.17, 15) is 23.9 Å². The summed E-state index contributed by atoms with van der Waals surface area (Å²) in [5.74, 6) is -1.90. The number of hydrogen-bond acceptors (Lipinski definition) is 5. The zero-order valence-corrected chi connectivity index (χ0v) is 13.7. The van der Waals surface area contributed by atoms with E-state index in [-0.39, 0.29) is 16.5 Å². The Kier molecular flexibility index (Phi) is 4.39. The lowest BCUT2D eigenvalue weighted by molar-refractivity contribution is -0.120. The first kappa shape index (κ1) is 17.5. The largest absolute Gasteiger partial charge is 0.392 e. The number of carbonyl (C=O) groups is 1. The van der Waals surface area contributed by atoms with Gasteiger partial charge in [0.05, 0.1) is 23.7 Å². The predicted octanol–water partition coefficient (Wildman–Crippen LogP) is -0.199. The summed E-state index contributed by atoms with van der Waals surface area (Å²) >= 11 is 0. The molecule has 0 fully saturated rings. The van der Waals surface area contributed by atoms with E-state index >= 15 is 0 Å². The normalized spacial score (nSPS) is 12.3. The highest BCUT2D eigenvalue weighted by Crippen LogP contribution is 2.21. The Labute approximate surface area is 145 Å². The second kappa shape index (κ2) is 6.52. The number of nitrogens with two attached hydrogens (primary N) is 1. The molecule has 9 heteroatoms. The first-order valence-electron chi connectivity index (χ1n) is 7.60. The fourth-order valence-electron chi connectivity index (χ4n) is 2.86. The highest BCUT2D eigenvalue weighted by molar-refractivity contribution is 5.83. The van der Waals surface area contributed by atoms with Gasteiger partial charge in [-0.15, -0.1) is 0 Å². The highest BCUT2D eigenvalue weighted by Gasteiger charge is 2.28. The number of hydrogen-bond donors (Lipinski definition) is 2. The molecule has 8 nitrogen and oxygen atoms in total. The Morgan fingerprint density at radius 1 is 1.35 bits per heavy atom. The van der Waals surface area contributed by atoms with Crippen LogP contribution in [0.1, 0.15) is 17.2 Å². The van der Waals surface area contributed by atoms with E-state index in [0.29, 0.717) is 10.1 Å². The maximum absolute atomic E-state index is 14.4. The topological polar surface area (TPSA) is 120 Å².